The lowest BCUT2D eigenvalue weighted by molar-refractivity contribution is -0.138. The van der Waals surface area contributed by atoms with E-state index in [4.69, 9.17) is 28.3 Å². The number of aliphatic carboxylic acids is 1. The lowest BCUT2D eigenvalue weighted by Crippen LogP contribution is -2.49. The first-order chi connectivity index (χ1) is 13.3. The highest BCUT2D eigenvalue weighted by molar-refractivity contribution is 6.42. The second kappa shape index (κ2) is 12.6. The van der Waals surface area contributed by atoms with Gasteiger partial charge in [-0.05, 0) is 37.5 Å². The molecule has 0 heterocycles. The first kappa shape index (κ1) is 24.2. The summed E-state index contributed by atoms with van der Waals surface area (Å²) in [5, 5.41) is 12.2. The van der Waals surface area contributed by atoms with E-state index in [2.05, 4.69) is 5.32 Å². The van der Waals surface area contributed by atoms with E-state index < -0.39 is 17.9 Å². The molecule has 1 rings (SSSR count). The van der Waals surface area contributed by atoms with Crippen LogP contribution in [0, 0.1) is 0 Å². The Morgan fingerprint density at radius 1 is 1.07 bits per heavy atom. The van der Waals surface area contributed by atoms with Crippen LogP contribution in [0.1, 0.15) is 62.7 Å². The van der Waals surface area contributed by atoms with Crippen molar-refractivity contribution < 1.29 is 19.5 Å². The van der Waals surface area contributed by atoms with Crippen molar-refractivity contribution >= 4 is 41.0 Å². The molecule has 0 saturated heterocycles. The number of halogens is 2. The summed E-state index contributed by atoms with van der Waals surface area (Å²) in [7, 11) is 0. The first-order valence-electron chi connectivity index (χ1n) is 9.56. The van der Waals surface area contributed by atoms with Crippen LogP contribution in [0.25, 0.3) is 0 Å². The second-order valence-electron chi connectivity index (χ2n) is 6.62. The van der Waals surface area contributed by atoms with E-state index in [0.717, 1.165) is 25.7 Å². The molecule has 0 radical (unpaired) electrons. The Morgan fingerprint density at radius 3 is 2.18 bits per heavy atom. The van der Waals surface area contributed by atoms with Crippen LogP contribution in [0.15, 0.2) is 18.2 Å². The van der Waals surface area contributed by atoms with Crippen molar-refractivity contribution in [3.8, 4) is 0 Å². The molecular formula is C20H28Cl2N2O4. The summed E-state index contributed by atoms with van der Waals surface area (Å²) in [6.07, 6.45) is 3.38. The summed E-state index contributed by atoms with van der Waals surface area (Å²) in [4.78, 5) is 38.3. The number of carboxylic acid groups (broad SMARTS) is 1. The number of benzene rings is 1. The van der Waals surface area contributed by atoms with Crippen LogP contribution in [0.2, 0.25) is 10.0 Å². The molecule has 1 atom stereocenters. The molecule has 156 valence electrons. The third-order valence-electron chi connectivity index (χ3n) is 4.31. The highest BCUT2D eigenvalue weighted by Crippen LogP contribution is 2.22. The third-order valence-corrected chi connectivity index (χ3v) is 5.05. The van der Waals surface area contributed by atoms with Gasteiger partial charge in [-0.3, -0.25) is 14.4 Å². The Kier molecular flexibility index (Phi) is 10.9. The molecule has 0 saturated carbocycles. The van der Waals surface area contributed by atoms with Crippen molar-refractivity contribution in [3.63, 3.8) is 0 Å². The lowest BCUT2D eigenvalue weighted by Gasteiger charge is -2.28. The van der Waals surface area contributed by atoms with E-state index in [1.54, 1.807) is 4.90 Å². The van der Waals surface area contributed by atoms with E-state index in [-0.39, 0.29) is 29.3 Å². The van der Waals surface area contributed by atoms with Crippen LogP contribution in [0.3, 0.4) is 0 Å². The predicted molar refractivity (Wildman–Crippen MR) is 111 cm³/mol. The number of carboxylic acids is 1. The maximum Gasteiger partial charge on any atom is 0.303 e. The molecule has 0 aromatic heterocycles. The van der Waals surface area contributed by atoms with Crippen molar-refractivity contribution in [2.45, 2.75) is 58.4 Å². The summed E-state index contributed by atoms with van der Waals surface area (Å²) in [6, 6.07) is 3.52. The van der Waals surface area contributed by atoms with Gasteiger partial charge in [-0.15, -0.1) is 0 Å². The monoisotopic (exact) mass is 430 g/mol. The molecular weight excluding hydrogens is 403 g/mol. The fourth-order valence-electron chi connectivity index (χ4n) is 2.65. The molecule has 0 aliphatic rings. The molecule has 0 aliphatic heterocycles. The van der Waals surface area contributed by atoms with Crippen LogP contribution < -0.4 is 5.32 Å². The molecule has 0 fully saturated rings. The Balaban J connectivity index is 2.97. The van der Waals surface area contributed by atoms with E-state index in [9.17, 15) is 14.4 Å². The molecule has 0 aliphatic carbocycles. The van der Waals surface area contributed by atoms with Gasteiger partial charge in [0.15, 0.2) is 0 Å². The molecule has 0 spiro atoms. The van der Waals surface area contributed by atoms with Crippen LogP contribution >= 0.6 is 23.2 Å². The predicted octanol–water partition coefficient (Wildman–Crippen LogP) is 4.39. The fourth-order valence-corrected chi connectivity index (χ4v) is 2.95. The number of hydrogen-bond donors (Lipinski definition) is 2. The fraction of sp³-hybridized carbons (Fsp3) is 0.550. The lowest BCUT2D eigenvalue weighted by atomic mass is 10.1. The van der Waals surface area contributed by atoms with E-state index in [1.165, 1.54) is 18.2 Å². The summed E-state index contributed by atoms with van der Waals surface area (Å²) < 4.78 is 0. The molecule has 8 heteroatoms. The van der Waals surface area contributed by atoms with Gasteiger partial charge in [-0.25, -0.2) is 0 Å². The van der Waals surface area contributed by atoms with Gasteiger partial charge in [0.1, 0.15) is 6.04 Å². The second-order valence-corrected chi connectivity index (χ2v) is 7.43. The van der Waals surface area contributed by atoms with Gasteiger partial charge in [0.25, 0.3) is 5.91 Å². The topological polar surface area (TPSA) is 86.7 Å². The molecule has 2 N–H and O–H groups in total. The van der Waals surface area contributed by atoms with Gasteiger partial charge >= 0.3 is 5.97 Å². The average Bonchev–Trinajstić information content (AvgIpc) is 2.66. The Morgan fingerprint density at radius 2 is 1.68 bits per heavy atom. The summed E-state index contributed by atoms with van der Waals surface area (Å²) >= 11 is 11.8. The van der Waals surface area contributed by atoms with Gasteiger partial charge in [-0.2, -0.15) is 0 Å². The Hall–Kier alpha value is -1.79. The van der Waals surface area contributed by atoms with Crippen LogP contribution in [-0.2, 0) is 9.59 Å². The minimum atomic E-state index is -1.02. The number of nitrogens with one attached hydrogen (secondary N) is 1. The average molecular weight is 431 g/mol. The number of hydrogen-bond acceptors (Lipinski definition) is 3. The SMILES string of the molecule is CCCCN(CCCC)C(=O)C(CCC(=O)O)NC(=O)c1ccc(Cl)c(Cl)c1. The molecule has 0 bridgehead atoms. The third kappa shape index (κ3) is 8.07. The van der Waals surface area contributed by atoms with Gasteiger partial charge in [-0.1, -0.05) is 49.9 Å². The Bertz CT molecular complexity index is 674. The zero-order valence-corrected chi connectivity index (χ0v) is 17.9. The number of carbonyl (C=O) groups is 3. The molecule has 1 aromatic carbocycles. The van der Waals surface area contributed by atoms with Crippen molar-refractivity contribution in [2.75, 3.05) is 13.1 Å². The van der Waals surface area contributed by atoms with Gasteiger partial charge in [0.2, 0.25) is 5.91 Å². The standard InChI is InChI=1S/C20H28Cl2N2O4/c1-3-5-11-24(12-6-4-2)20(28)17(9-10-18(25)26)23-19(27)14-7-8-15(21)16(22)13-14/h7-8,13,17H,3-6,9-12H2,1-2H3,(H,23,27)(H,25,26). The zero-order chi connectivity index (χ0) is 21.1. The van der Waals surface area contributed by atoms with Crippen LogP contribution in [0.5, 0.6) is 0 Å². The largest absolute Gasteiger partial charge is 0.481 e. The quantitative estimate of drug-likeness (QED) is 0.514. The normalized spacial score (nSPS) is 11.7. The number of rotatable bonds is 12. The molecule has 28 heavy (non-hydrogen) atoms. The summed E-state index contributed by atoms with van der Waals surface area (Å²) in [6.45, 7) is 5.25. The summed E-state index contributed by atoms with van der Waals surface area (Å²) in [5.74, 6) is -1.76. The van der Waals surface area contributed by atoms with Gasteiger partial charge < -0.3 is 15.3 Å². The number of amides is 2. The van der Waals surface area contributed by atoms with E-state index in [1.807, 2.05) is 13.8 Å². The number of unbranched alkanes of at least 4 members (excludes halogenated alkanes) is 2. The highest BCUT2D eigenvalue weighted by atomic mass is 35.5. The minimum absolute atomic E-state index is 0.0238. The van der Waals surface area contributed by atoms with Crippen LogP contribution in [0.4, 0.5) is 0 Å². The molecule has 1 unspecified atom stereocenters. The Labute approximate surface area is 176 Å². The van der Waals surface area contributed by atoms with Gasteiger partial charge in [0.05, 0.1) is 10.0 Å². The van der Waals surface area contributed by atoms with E-state index >= 15 is 0 Å². The van der Waals surface area contributed by atoms with Crippen molar-refractivity contribution in [1.82, 2.24) is 10.2 Å². The van der Waals surface area contributed by atoms with Gasteiger partial charge in [0, 0.05) is 25.1 Å². The maximum atomic E-state index is 13.0. The smallest absolute Gasteiger partial charge is 0.303 e. The highest BCUT2D eigenvalue weighted by Gasteiger charge is 2.26. The summed E-state index contributed by atoms with van der Waals surface area (Å²) in [5.41, 5.74) is 0.260. The van der Waals surface area contributed by atoms with Crippen LogP contribution in [-0.4, -0.2) is 46.9 Å². The van der Waals surface area contributed by atoms with E-state index in [0.29, 0.717) is 18.1 Å². The zero-order valence-electron chi connectivity index (χ0n) is 16.3. The molecule has 6 nitrogen and oxygen atoms in total. The number of carbonyl (C=O) groups excluding carboxylic acids is 2. The molecule has 2 amide bonds. The number of nitrogens with zero attached hydrogens (tertiary/aromatic N) is 1. The maximum absolute atomic E-state index is 13.0. The van der Waals surface area contributed by atoms with Crippen molar-refractivity contribution in [3.05, 3.63) is 33.8 Å². The van der Waals surface area contributed by atoms with Crippen molar-refractivity contribution in [1.29, 1.82) is 0 Å². The minimum Gasteiger partial charge on any atom is -0.481 e. The first-order valence-corrected chi connectivity index (χ1v) is 10.3. The molecule has 1 aromatic rings. The van der Waals surface area contributed by atoms with Crippen molar-refractivity contribution in [2.24, 2.45) is 0 Å².